The lowest BCUT2D eigenvalue weighted by Gasteiger charge is -2.32. The molecule has 3 N–H and O–H groups in total. The van der Waals surface area contributed by atoms with E-state index in [0.29, 0.717) is 35.6 Å². The fourth-order valence-electron chi connectivity index (χ4n) is 4.93. The van der Waals surface area contributed by atoms with E-state index in [1.807, 2.05) is 12.1 Å². The summed E-state index contributed by atoms with van der Waals surface area (Å²) in [5.74, 6) is 1.10. The molecular weight excluding hydrogens is 539 g/mol. The topological polar surface area (TPSA) is 78.7 Å². The third kappa shape index (κ3) is 9.16. The summed E-state index contributed by atoms with van der Waals surface area (Å²) in [6.45, 7) is 6.82. The summed E-state index contributed by atoms with van der Waals surface area (Å²) in [5, 5.41) is 3.92. The summed E-state index contributed by atoms with van der Waals surface area (Å²) in [6, 6.07) is 15.8. The molecule has 0 radical (unpaired) electrons. The molecule has 38 heavy (non-hydrogen) atoms. The molecule has 6 nitrogen and oxygen atoms in total. The molecule has 1 fully saturated rings. The summed E-state index contributed by atoms with van der Waals surface area (Å²) in [7, 11) is 0.0672. The minimum absolute atomic E-state index is 0.0672. The number of nitrogens with two attached hydrogens (primary N) is 1. The number of amides is 2. The molecule has 1 aliphatic heterocycles. The molecule has 9 heteroatoms. The van der Waals surface area contributed by atoms with E-state index in [1.165, 1.54) is 4.90 Å². The van der Waals surface area contributed by atoms with Crippen LogP contribution in [0.3, 0.4) is 0 Å². The first-order valence-electron chi connectivity index (χ1n) is 13.3. The highest BCUT2D eigenvalue weighted by molar-refractivity contribution is 7.96. The average molecular weight is 581 g/mol. The Labute approximate surface area is 240 Å². The largest absolute Gasteiger partial charge is 0.350 e. The van der Waals surface area contributed by atoms with Crippen LogP contribution in [0.15, 0.2) is 53.4 Å². The van der Waals surface area contributed by atoms with Crippen molar-refractivity contribution in [3.05, 3.63) is 64.1 Å². The van der Waals surface area contributed by atoms with E-state index in [2.05, 4.69) is 54.6 Å². The Morgan fingerprint density at radius 2 is 1.95 bits per heavy atom. The lowest BCUT2D eigenvalue weighted by atomic mass is 10.0. The van der Waals surface area contributed by atoms with Crippen LogP contribution < -0.4 is 11.1 Å². The molecule has 0 saturated carbocycles. The number of hydrogen-bond acceptors (Lipinski definition) is 4. The fourth-order valence-corrected chi connectivity index (χ4v) is 7.02. The number of halogens is 2. The zero-order chi connectivity index (χ0) is 27.7. The number of nitrogens with zero attached hydrogens (tertiary/aromatic N) is 2. The molecule has 3 unspecified atom stereocenters. The van der Waals surface area contributed by atoms with Crippen LogP contribution in [0.5, 0.6) is 0 Å². The summed E-state index contributed by atoms with van der Waals surface area (Å²) < 4.78 is 0. The Balaban J connectivity index is 1.68. The second-order valence-corrected chi connectivity index (χ2v) is 13.5. The maximum atomic E-state index is 13.3. The third-order valence-corrected chi connectivity index (χ3v) is 9.77. The molecule has 0 aliphatic carbocycles. The quantitative estimate of drug-likeness (QED) is 0.253. The van der Waals surface area contributed by atoms with Crippen molar-refractivity contribution in [3.8, 4) is 0 Å². The molecule has 3 rings (SSSR count). The first kappa shape index (κ1) is 30.8. The number of hydrogen-bond donors (Lipinski definition) is 2. The van der Waals surface area contributed by atoms with Gasteiger partial charge < -0.3 is 16.0 Å². The molecule has 2 aromatic rings. The summed E-state index contributed by atoms with van der Waals surface area (Å²) >= 11 is 12.1. The monoisotopic (exact) mass is 579 g/mol. The highest BCUT2D eigenvalue weighted by Crippen LogP contribution is 2.23. The lowest BCUT2D eigenvalue weighted by Crippen LogP contribution is -2.49. The summed E-state index contributed by atoms with van der Waals surface area (Å²) in [6.07, 6.45) is 5.50. The van der Waals surface area contributed by atoms with Crippen molar-refractivity contribution in [1.29, 1.82) is 0 Å². The normalized spacial score (nSPS) is 18.2. The van der Waals surface area contributed by atoms with Crippen molar-refractivity contribution in [3.63, 3.8) is 0 Å². The fraction of sp³-hybridized carbons (Fsp3) is 0.517. The van der Waals surface area contributed by atoms with E-state index in [9.17, 15) is 9.59 Å². The van der Waals surface area contributed by atoms with Crippen LogP contribution in [0.1, 0.15) is 38.7 Å². The van der Waals surface area contributed by atoms with Crippen LogP contribution in [0.4, 0.5) is 0 Å². The minimum atomic E-state index is -0.536. The van der Waals surface area contributed by atoms with Gasteiger partial charge in [0.1, 0.15) is 18.1 Å². The number of likely N-dealkylation sites (tertiary alicyclic amines) is 1. The second-order valence-electron chi connectivity index (χ2n) is 10.6. The molecule has 2 amide bonds. The van der Waals surface area contributed by atoms with Crippen molar-refractivity contribution in [2.45, 2.75) is 62.7 Å². The second kappa shape index (κ2) is 15.1. The van der Waals surface area contributed by atoms with Crippen LogP contribution >= 0.6 is 23.2 Å². The van der Waals surface area contributed by atoms with E-state index in [-0.39, 0.29) is 28.8 Å². The van der Waals surface area contributed by atoms with Gasteiger partial charge in [-0.3, -0.25) is 14.5 Å². The van der Waals surface area contributed by atoms with Gasteiger partial charge in [-0.05, 0) is 55.0 Å². The van der Waals surface area contributed by atoms with Crippen molar-refractivity contribution in [2.24, 2.45) is 11.7 Å². The summed E-state index contributed by atoms with van der Waals surface area (Å²) in [4.78, 5) is 31.1. The number of carbonyl (C=O) groups excluding carboxylic acids is 2. The smallest absolute Gasteiger partial charge is 0.243 e. The number of rotatable bonds is 14. The molecule has 4 atom stereocenters. The van der Waals surface area contributed by atoms with E-state index < -0.39 is 6.04 Å². The van der Waals surface area contributed by atoms with Gasteiger partial charge >= 0.3 is 0 Å². The van der Waals surface area contributed by atoms with E-state index in [4.69, 9.17) is 28.9 Å². The van der Waals surface area contributed by atoms with Gasteiger partial charge in [0.05, 0.1) is 16.1 Å². The number of benzene rings is 2. The van der Waals surface area contributed by atoms with Gasteiger partial charge in [0.2, 0.25) is 12.3 Å². The average Bonchev–Trinajstić information content (AvgIpc) is 3.34. The Kier molecular flexibility index (Phi) is 12.3. The Morgan fingerprint density at radius 1 is 1.21 bits per heavy atom. The zero-order valence-electron chi connectivity index (χ0n) is 22.6. The highest BCUT2D eigenvalue weighted by Gasteiger charge is 2.33. The predicted octanol–water partition coefficient (Wildman–Crippen LogP) is 4.58. The third-order valence-electron chi connectivity index (χ3n) is 7.06. The maximum Gasteiger partial charge on any atom is 0.243 e. The Hall–Kier alpha value is -1.77. The van der Waals surface area contributed by atoms with Gasteiger partial charge in [-0.25, -0.2) is 0 Å². The molecule has 0 spiro atoms. The molecule has 208 valence electrons. The Bertz CT molecular complexity index is 1040. The first-order chi connectivity index (χ1) is 18.2. The van der Waals surface area contributed by atoms with E-state index >= 15 is 0 Å². The SMILES string of the molecule is CC(C)C[C@H](C(=O)NCc1ccc(Cl)c(Cl)c1)N(C=O)CCC(C[S+](C)c1ccccc1)N1CCC(N)C1. The maximum absolute atomic E-state index is 13.3. The van der Waals surface area contributed by atoms with Crippen LogP contribution in [0.2, 0.25) is 10.0 Å². The molecule has 0 bridgehead atoms. The van der Waals surface area contributed by atoms with E-state index in [0.717, 1.165) is 43.7 Å². The molecular formula is C29H41Cl2N4O2S+. The van der Waals surface area contributed by atoms with Crippen LogP contribution in [0, 0.1) is 5.92 Å². The van der Waals surface area contributed by atoms with Crippen LogP contribution in [-0.2, 0) is 27.0 Å². The number of nitrogens with one attached hydrogen (secondary N) is 1. The van der Waals surface area contributed by atoms with Gasteiger partial charge in [0.15, 0.2) is 4.90 Å². The lowest BCUT2D eigenvalue weighted by molar-refractivity contribution is -0.133. The van der Waals surface area contributed by atoms with Crippen LogP contribution in [-0.4, -0.2) is 71.9 Å². The zero-order valence-corrected chi connectivity index (χ0v) is 24.9. The Morgan fingerprint density at radius 3 is 2.55 bits per heavy atom. The van der Waals surface area contributed by atoms with Crippen molar-refractivity contribution >= 4 is 46.4 Å². The van der Waals surface area contributed by atoms with E-state index in [1.54, 1.807) is 17.0 Å². The van der Waals surface area contributed by atoms with Gasteiger partial charge in [0, 0.05) is 43.1 Å². The molecule has 1 saturated heterocycles. The van der Waals surface area contributed by atoms with Crippen molar-refractivity contribution in [1.82, 2.24) is 15.1 Å². The summed E-state index contributed by atoms with van der Waals surface area (Å²) in [5.41, 5.74) is 7.11. The van der Waals surface area contributed by atoms with Gasteiger partial charge in [-0.2, -0.15) is 0 Å². The number of carbonyl (C=O) groups is 2. The highest BCUT2D eigenvalue weighted by atomic mass is 35.5. The molecule has 1 heterocycles. The molecule has 2 aromatic carbocycles. The molecule has 0 aromatic heterocycles. The van der Waals surface area contributed by atoms with Crippen LogP contribution in [0.25, 0.3) is 0 Å². The van der Waals surface area contributed by atoms with Gasteiger partial charge in [0.25, 0.3) is 0 Å². The first-order valence-corrected chi connectivity index (χ1v) is 15.8. The van der Waals surface area contributed by atoms with Crippen molar-refractivity contribution < 1.29 is 9.59 Å². The van der Waals surface area contributed by atoms with Gasteiger partial charge in [-0.15, -0.1) is 0 Å². The minimum Gasteiger partial charge on any atom is -0.350 e. The molecule has 1 aliphatic rings. The predicted molar refractivity (Wildman–Crippen MR) is 160 cm³/mol. The van der Waals surface area contributed by atoms with Crippen molar-refractivity contribution in [2.75, 3.05) is 31.6 Å². The standard InChI is InChI=1S/C29H40Cl2N4O2S/c1-21(2)15-28(29(37)33-17-22-9-10-26(30)27(31)16-22)35(20-36)14-12-24(34-13-11-23(32)18-34)19-38(3)25-7-5-4-6-8-25/h4-10,16,20-21,23-24,28H,11-15,17-19,32H2,1-3H3/p+1/t23?,24?,28-,38?/m1/s1. The van der Waals surface area contributed by atoms with Gasteiger partial charge in [-0.1, -0.05) is 61.3 Å².